The van der Waals surface area contributed by atoms with Crippen LogP contribution < -0.4 is 0 Å². The van der Waals surface area contributed by atoms with Crippen LogP contribution in [0.4, 0.5) is 0 Å². The number of guanidine groups is 1. The van der Waals surface area contributed by atoms with Gasteiger partial charge in [0.05, 0.1) is 0 Å². The SMILES string of the molecule is CC(O)C(=O)O.CCN(C)C(=N)N(C)CC. The van der Waals surface area contributed by atoms with Crippen molar-refractivity contribution >= 4 is 11.9 Å². The molecule has 6 nitrogen and oxygen atoms in total. The van der Waals surface area contributed by atoms with Gasteiger partial charge in [-0.15, -0.1) is 0 Å². The third kappa shape index (κ3) is 8.05. The number of aliphatic hydroxyl groups is 1. The molecule has 0 rings (SSSR count). The minimum Gasteiger partial charge on any atom is -0.479 e. The Labute approximate surface area is 97.0 Å². The summed E-state index contributed by atoms with van der Waals surface area (Å²) in [4.78, 5) is 13.3. The predicted octanol–water partition coefficient (Wildman–Crippen LogP) is 0.276. The molecule has 0 bridgehead atoms. The molecule has 0 heterocycles. The third-order valence-corrected chi connectivity index (χ3v) is 2.03. The molecule has 0 aromatic heterocycles. The fraction of sp³-hybridized carbons (Fsp3) is 0.800. The van der Waals surface area contributed by atoms with Gasteiger partial charge >= 0.3 is 5.97 Å². The number of carboxylic acid groups (broad SMARTS) is 1. The molecular weight excluding hydrogens is 210 g/mol. The van der Waals surface area contributed by atoms with Gasteiger partial charge in [-0.05, 0) is 20.8 Å². The van der Waals surface area contributed by atoms with Crippen LogP contribution in [-0.2, 0) is 4.79 Å². The summed E-state index contributed by atoms with van der Waals surface area (Å²) in [5.41, 5.74) is 0. The molecule has 1 atom stereocenters. The van der Waals surface area contributed by atoms with Crippen LogP contribution in [0.3, 0.4) is 0 Å². The molecule has 0 aromatic rings. The van der Waals surface area contributed by atoms with Crippen LogP contribution in [0.25, 0.3) is 0 Å². The van der Waals surface area contributed by atoms with Gasteiger partial charge in [-0.3, -0.25) is 5.41 Å². The van der Waals surface area contributed by atoms with E-state index in [4.69, 9.17) is 15.6 Å². The summed E-state index contributed by atoms with van der Waals surface area (Å²) in [6.07, 6.45) is -1.23. The molecule has 0 spiro atoms. The Morgan fingerprint density at radius 3 is 1.62 bits per heavy atom. The van der Waals surface area contributed by atoms with Gasteiger partial charge in [-0.1, -0.05) is 0 Å². The average Bonchev–Trinajstić information content (AvgIpc) is 2.26. The number of nitrogens with one attached hydrogen (secondary N) is 1. The number of hydrogen-bond donors (Lipinski definition) is 3. The molecule has 0 radical (unpaired) electrons. The second kappa shape index (κ2) is 8.96. The fourth-order valence-corrected chi connectivity index (χ4v) is 0.591. The first-order chi connectivity index (χ1) is 7.27. The summed E-state index contributed by atoms with van der Waals surface area (Å²) in [5.74, 6) is -0.597. The monoisotopic (exact) mass is 233 g/mol. The van der Waals surface area contributed by atoms with E-state index in [0.29, 0.717) is 5.96 Å². The largest absolute Gasteiger partial charge is 0.479 e. The smallest absolute Gasteiger partial charge is 0.332 e. The van der Waals surface area contributed by atoms with Gasteiger partial charge in [-0.2, -0.15) is 0 Å². The molecule has 0 fully saturated rings. The lowest BCUT2D eigenvalue weighted by Crippen LogP contribution is -2.38. The zero-order chi connectivity index (χ0) is 13.3. The minimum absolute atomic E-state index is 0.588. The molecular formula is C10H23N3O3. The van der Waals surface area contributed by atoms with E-state index in [2.05, 4.69) is 0 Å². The Morgan fingerprint density at radius 2 is 1.50 bits per heavy atom. The summed E-state index contributed by atoms with van der Waals surface area (Å²) < 4.78 is 0. The molecule has 3 N–H and O–H groups in total. The maximum atomic E-state index is 9.45. The molecule has 0 aromatic carbocycles. The van der Waals surface area contributed by atoms with E-state index in [1.54, 1.807) is 0 Å². The Bertz CT molecular complexity index is 207. The molecule has 6 heteroatoms. The predicted molar refractivity (Wildman–Crippen MR) is 63.7 cm³/mol. The lowest BCUT2D eigenvalue weighted by molar-refractivity contribution is -0.145. The van der Waals surface area contributed by atoms with Crippen LogP contribution in [0.2, 0.25) is 0 Å². The molecule has 96 valence electrons. The van der Waals surface area contributed by atoms with E-state index in [9.17, 15) is 4.79 Å². The van der Waals surface area contributed by atoms with E-state index in [-0.39, 0.29) is 0 Å². The first kappa shape index (κ1) is 17.1. The van der Waals surface area contributed by atoms with Crippen molar-refractivity contribution in [3.8, 4) is 0 Å². The summed E-state index contributed by atoms with van der Waals surface area (Å²) >= 11 is 0. The van der Waals surface area contributed by atoms with Gasteiger partial charge in [0.1, 0.15) is 6.10 Å². The Morgan fingerprint density at radius 1 is 1.25 bits per heavy atom. The lowest BCUT2D eigenvalue weighted by atomic mass is 10.4. The van der Waals surface area contributed by atoms with Gasteiger partial charge in [0.2, 0.25) is 0 Å². The quantitative estimate of drug-likeness (QED) is 0.481. The van der Waals surface area contributed by atoms with E-state index in [1.165, 1.54) is 6.92 Å². The molecule has 0 saturated heterocycles. The number of nitrogens with zero attached hydrogens (tertiary/aromatic N) is 2. The lowest BCUT2D eigenvalue weighted by Gasteiger charge is -2.25. The van der Waals surface area contributed by atoms with E-state index >= 15 is 0 Å². The van der Waals surface area contributed by atoms with Crippen LogP contribution in [0.5, 0.6) is 0 Å². The highest BCUT2D eigenvalue weighted by Crippen LogP contribution is 1.89. The van der Waals surface area contributed by atoms with Crippen molar-refractivity contribution in [3.63, 3.8) is 0 Å². The van der Waals surface area contributed by atoms with E-state index < -0.39 is 12.1 Å². The van der Waals surface area contributed by atoms with Crippen molar-refractivity contribution in [2.24, 2.45) is 0 Å². The van der Waals surface area contributed by atoms with Crippen LogP contribution in [0.1, 0.15) is 20.8 Å². The Kier molecular flexibility index (Phi) is 9.58. The first-order valence-corrected chi connectivity index (χ1v) is 5.19. The second-order valence-corrected chi connectivity index (χ2v) is 3.37. The van der Waals surface area contributed by atoms with Crippen molar-refractivity contribution in [1.29, 1.82) is 5.41 Å². The summed E-state index contributed by atoms with van der Waals surface area (Å²) in [7, 11) is 3.85. The zero-order valence-corrected chi connectivity index (χ0v) is 10.7. The summed E-state index contributed by atoms with van der Waals surface area (Å²) in [6, 6.07) is 0. The highest BCUT2D eigenvalue weighted by Gasteiger charge is 2.04. The van der Waals surface area contributed by atoms with Crippen molar-refractivity contribution in [2.75, 3.05) is 27.2 Å². The molecule has 0 aliphatic rings. The molecule has 16 heavy (non-hydrogen) atoms. The van der Waals surface area contributed by atoms with Gasteiger partial charge in [0, 0.05) is 27.2 Å². The average molecular weight is 233 g/mol. The van der Waals surface area contributed by atoms with Gasteiger partial charge in [0.15, 0.2) is 5.96 Å². The fourth-order valence-electron chi connectivity index (χ4n) is 0.591. The standard InChI is InChI=1S/C7H17N3.C3H6O3/c1-5-9(3)7(8)10(4)6-2;1-2(4)3(5)6/h8H,5-6H2,1-4H3;2,4H,1H3,(H,5,6). The molecule has 0 amide bonds. The highest BCUT2D eigenvalue weighted by molar-refractivity contribution is 5.76. The molecule has 1 unspecified atom stereocenters. The van der Waals surface area contributed by atoms with Crippen LogP contribution >= 0.6 is 0 Å². The van der Waals surface area contributed by atoms with Crippen molar-refractivity contribution in [2.45, 2.75) is 26.9 Å². The summed E-state index contributed by atoms with van der Waals surface area (Å²) in [5, 5.41) is 23.3. The second-order valence-electron chi connectivity index (χ2n) is 3.37. The molecule has 0 aliphatic carbocycles. The Balaban J connectivity index is 0. The number of rotatable bonds is 3. The highest BCUT2D eigenvalue weighted by atomic mass is 16.4. The minimum atomic E-state index is -1.23. The number of aliphatic carboxylic acids is 1. The molecule has 0 aliphatic heterocycles. The zero-order valence-electron chi connectivity index (χ0n) is 10.7. The van der Waals surface area contributed by atoms with Gasteiger partial charge in [-0.25, -0.2) is 4.79 Å². The van der Waals surface area contributed by atoms with Crippen LogP contribution in [0, 0.1) is 5.41 Å². The van der Waals surface area contributed by atoms with Crippen LogP contribution in [-0.4, -0.2) is 65.2 Å². The van der Waals surface area contributed by atoms with Crippen molar-refractivity contribution in [1.82, 2.24) is 9.80 Å². The normalized spacial score (nSPS) is 10.9. The topological polar surface area (TPSA) is 87.9 Å². The Hall–Kier alpha value is -1.30. The molecule has 0 saturated carbocycles. The first-order valence-electron chi connectivity index (χ1n) is 5.19. The number of hydrogen-bond acceptors (Lipinski definition) is 3. The maximum absolute atomic E-state index is 9.45. The van der Waals surface area contributed by atoms with E-state index in [1.807, 2.05) is 37.7 Å². The number of aliphatic hydroxyl groups excluding tert-OH is 1. The number of carboxylic acids is 1. The van der Waals surface area contributed by atoms with Crippen molar-refractivity contribution < 1.29 is 15.0 Å². The van der Waals surface area contributed by atoms with E-state index in [0.717, 1.165) is 13.1 Å². The van der Waals surface area contributed by atoms with Crippen LogP contribution in [0.15, 0.2) is 0 Å². The van der Waals surface area contributed by atoms with Gasteiger partial charge < -0.3 is 20.0 Å². The number of carbonyl (C=O) groups is 1. The summed E-state index contributed by atoms with van der Waals surface area (Å²) in [6.45, 7) is 7.06. The maximum Gasteiger partial charge on any atom is 0.332 e. The van der Waals surface area contributed by atoms with Gasteiger partial charge in [0.25, 0.3) is 0 Å². The third-order valence-electron chi connectivity index (χ3n) is 2.03. The van der Waals surface area contributed by atoms with Crippen molar-refractivity contribution in [3.05, 3.63) is 0 Å².